The summed E-state index contributed by atoms with van der Waals surface area (Å²) in [6, 6.07) is 0. The highest BCUT2D eigenvalue weighted by Gasteiger charge is 2.29. The number of aryl methyl sites for hydroxylation is 1. The molecule has 152 valence electrons. The number of alkyl halides is 3. The van der Waals surface area contributed by atoms with Gasteiger partial charge >= 0.3 is 6.18 Å². The third kappa shape index (κ3) is 6.88. The van der Waals surface area contributed by atoms with Gasteiger partial charge in [-0.1, -0.05) is 0 Å². The summed E-state index contributed by atoms with van der Waals surface area (Å²) in [5.74, 6) is -0.719. The van der Waals surface area contributed by atoms with Crippen molar-refractivity contribution in [1.82, 2.24) is 25.3 Å². The van der Waals surface area contributed by atoms with E-state index in [0.29, 0.717) is 18.8 Å². The van der Waals surface area contributed by atoms with E-state index < -0.39 is 18.6 Å². The van der Waals surface area contributed by atoms with E-state index in [4.69, 9.17) is 0 Å². The van der Waals surface area contributed by atoms with Gasteiger partial charge in [-0.05, 0) is 0 Å². The quantitative estimate of drug-likeness (QED) is 0.341. The average Bonchev–Trinajstić information content (AvgIpc) is 2.99. The summed E-state index contributed by atoms with van der Waals surface area (Å²) >= 11 is 0. The molecule has 0 spiro atoms. The minimum absolute atomic E-state index is 0. The fourth-order valence-corrected chi connectivity index (χ4v) is 2.43. The van der Waals surface area contributed by atoms with E-state index in [-0.39, 0.29) is 48.9 Å². The number of halogens is 4. The molecule has 0 aliphatic carbocycles. The van der Waals surface area contributed by atoms with Gasteiger partial charge in [0.1, 0.15) is 13.1 Å². The predicted octanol–water partition coefficient (Wildman–Crippen LogP) is -0.0594. The number of carbonyl (C=O) groups excluding carboxylic acids is 2. The molecule has 2 heterocycles. The summed E-state index contributed by atoms with van der Waals surface area (Å²) < 4.78 is 37.8. The SMILES string of the molecule is CN=C(NCC(=O)NCC(F)(F)F)N1CCN(c2cnn(C)c2)C(=O)C1.I. The molecule has 1 aromatic heterocycles. The Hall–Kier alpha value is -2.06. The number of nitrogens with zero attached hydrogens (tertiary/aromatic N) is 5. The van der Waals surface area contributed by atoms with Crippen LogP contribution in [-0.4, -0.2) is 78.4 Å². The molecular formula is C14H21F3IN7O2. The van der Waals surface area contributed by atoms with Crippen molar-refractivity contribution in [2.45, 2.75) is 6.18 Å². The lowest BCUT2D eigenvalue weighted by molar-refractivity contribution is -0.137. The third-order valence-electron chi connectivity index (χ3n) is 3.63. The van der Waals surface area contributed by atoms with Gasteiger partial charge < -0.3 is 20.4 Å². The number of nitrogens with one attached hydrogen (secondary N) is 2. The first-order valence-electron chi connectivity index (χ1n) is 7.77. The number of guanidine groups is 1. The molecule has 1 aliphatic rings. The normalized spacial score (nSPS) is 15.4. The van der Waals surface area contributed by atoms with Gasteiger partial charge in [0.2, 0.25) is 11.8 Å². The van der Waals surface area contributed by atoms with Crippen LogP contribution in [0.2, 0.25) is 0 Å². The lowest BCUT2D eigenvalue weighted by Crippen LogP contribution is -2.56. The lowest BCUT2D eigenvalue weighted by Gasteiger charge is -2.35. The minimum Gasteiger partial charge on any atom is -0.347 e. The molecule has 27 heavy (non-hydrogen) atoms. The topological polar surface area (TPSA) is 94.9 Å². The molecule has 2 amide bonds. The Bertz CT molecular complexity index is 692. The number of aromatic nitrogens is 2. The summed E-state index contributed by atoms with van der Waals surface area (Å²) in [6.07, 6.45) is -1.15. The maximum atomic E-state index is 12.3. The summed E-state index contributed by atoms with van der Waals surface area (Å²) in [6.45, 7) is -0.900. The van der Waals surface area contributed by atoms with Crippen molar-refractivity contribution in [3.05, 3.63) is 12.4 Å². The monoisotopic (exact) mass is 503 g/mol. The third-order valence-corrected chi connectivity index (χ3v) is 3.63. The molecule has 0 atom stereocenters. The van der Waals surface area contributed by atoms with Crippen LogP contribution in [0.25, 0.3) is 0 Å². The maximum Gasteiger partial charge on any atom is 0.405 e. The van der Waals surface area contributed by atoms with Crippen molar-refractivity contribution in [1.29, 1.82) is 0 Å². The summed E-state index contributed by atoms with van der Waals surface area (Å²) in [5, 5.41) is 8.45. The number of aliphatic imine (C=N–C) groups is 1. The highest BCUT2D eigenvalue weighted by Crippen LogP contribution is 2.16. The van der Waals surface area contributed by atoms with Crippen LogP contribution < -0.4 is 15.5 Å². The number of anilines is 1. The molecule has 1 aromatic rings. The lowest BCUT2D eigenvalue weighted by atomic mass is 10.3. The smallest absolute Gasteiger partial charge is 0.347 e. The van der Waals surface area contributed by atoms with E-state index in [1.54, 1.807) is 39.2 Å². The van der Waals surface area contributed by atoms with Crippen LogP contribution in [-0.2, 0) is 16.6 Å². The minimum atomic E-state index is -4.47. The van der Waals surface area contributed by atoms with E-state index in [0.717, 1.165) is 0 Å². The number of hydrogen-bond donors (Lipinski definition) is 2. The van der Waals surface area contributed by atoms with E-state index in [9.17, 15) is 22.8 Å². The highest BCUT2D eigenvalue weighted by molar-refractivity contribution is 14.0. The largest absolute Gasteiger partial charge is 0.405 e. The fraction of sp³-hybridized carbons (Fsp3) is 0.571. The van der Waals surface area contributed by atoms with Gasteiger partial charge in [0.05, 0.1) is 18.4 Å². The van der Waals surface area contributed by atoms with Crippen molar-refractivity contribution >= 4 is 47.4 Å². The molecule has 0 bridgehead atoms. The molecule has 1 saturated heterocycles. The van der Waals surface area contributed by atoms with E-state index in [2.05, 4.69) is 15.4 Å². The van der Waals surface area contributed by atoms with Crippen molar-refractivity contribution in [2.24, 2.45) is 12.0 Å². The van der Waals surface area contributed by atoms with Crippen LogP contribution in [0.5, 0.6) is 0 Å². The van der Waals surface area contributed by atoms with Crippen molar-refractivity contribution in [2.75, 3.05) is 44.7 Å². The predicted molar refractivity (Wildman–Crippen MR) is 103 cm³/mol. The fourth-order valence-electron chi connectivity index (χ4n) is 2.43. The molecular weight excluding hydrogens is 482 g/mol. The van der Waals surface area contributed by atoms with Crippen LogP contribution >= 0.6 is 24.0 Å². The van der Waals surface area contributed by atoms with Gasteiger partial charge in [-0.2, -0.15) is 18.3 Å². The number of amides is 2. The number of carbonyl (C=O) groups is 2. The number of rotatable bonds is 4. The molecule has 0 radical (unpaired) electrons. The first-order chi connectivity index (χ1) is 12.2. The standard InChI is InChI=1S/C14H20F3N7O2.HI/c1-18-13(19-6-11(25)20-9-14(15,16)17)23-3-4-24(12(26)8-23)10-5-21-22(2)7-10;/h5,7H,3-4,6,8-9H2,1-2H3,(H,18,19)(H,20,25);1H. The molecule has 0 aromatic carbocycles. The van der Waals surface area contributed by atoms with Crippen molar-refractivity contribution in [3.63, 3.8) is 0 Å². The Balaban J connectivity index is 0.00000364. The molecule has 9 nitrogen and oxygen atoms in total. The number of hydrogen-bond acceptors (Lipinski definition) is 4. The summed E-state index contributed by atoms with van der Waals surface area (Å²) in [7, 11) is 3.22. The van der Waals surface area contributed by atoms with Gasteiger partial charge in [0, 0.05) is 33.4 Å². The zero-order valence-corrected chi connectivity index (χ0v) is 17.1. The second-order valence-corrected chi connectivity index (χ2v) is 5.63. The van der Waals surface area contributed by atoms with E-state index in [1.807, 2.05) is 0 Å². The molecule has 0 saturated carbocycles. The summed E-state index contributed by atoms with van der Waals surface area (Å²) in [5.41, 5.74) is 0.687. The highest BCUT2D eigenvalue weighted by atomic mass is 127. The second-order valence-electron chi connectivity index (χ2n) is 5.63. The first-order valence-corrected chi connectivity index (χ1v) is 7.77. The molecule has 13 heteroatoms. The van der Waals surface area contributed by atoms with Gasteiger partial charge in [-0.3, -0.25) is 19.3 Å². The Morgan fingerprint density at radius 1 is 1.33 bits per heavy atom. The molecule has 0 unspecified atom stereocenters. The van der Waals surface area contributed by atoms with Gasteiger partial charge in [0.25, 0.3) is 0 Å². The van der Waals surface area contributed by atoms with E-state index >= 15 is 0 Å². The Kier molecular flexibility index (Phi) is 8.30. The first kappa shape index (κ1) is 23.0. The molecule has 2 N–H and O–H groups in total. The van der Waals surface area contributed by atoms with E-state index in [1.165, 1.54) is 7.05 Å². The van der Waals surface area contributed by atoms with Crippen LogP contribution in [0, 0.1) is 0 Å². The van der Waals surface area contributed by atoms with Crippen molar-refractivity contribution < 1.29 is 22.8 Å². The Morgan fingerprint density at radius 2 is 2.04 bits per heavy atom. The number of piperazine rings is 1. The van der Waals surface area contributed by atoms with Crippen molar-refractivity contribution in [3.8, 4) is 0 Å². The Morgan fingerprint density at radius 3 is 2.56 bits per heavy atom. The maximum absolute atomic E-state index is 12.3. The van der Waals surface area contributed by atoms with Crippen LogP contribution in [0.4, 0.5) is 18.9 Å². The zero-order valence-electron chi connectivity index (χ0n) is 14.8. The average molecular weight is 503 g/mol. The summed E-state index contributed by atoms with van der Waals surface area (Å²) in [4.78, 5) is 31.0. The second kappa shape index (κ2) is 9.75. The van der Waals surface area contributed by atoms with Crippen LogP contribution in [0.3, 0.4) is 0 Å². The van der Waals surface area contributed by atoms with Gasteiger partial charge in [-0.15, -0.1) is 24.0 Å². The Labute approximate surface area is 171 Å². The molecule has 1 aliphatic heterocycles. The van der Waals surface area contributed by atoms with Crippen LogP contribution in [0.15, 0.2) is 17.4 Å². The molecule has 1 fully saturated rings. The van der Waals surface area contributed by atoms with Gasteiger partial charge in [-0.25, -0.2) is 0 Å². The van der Waals surface area contributed by atoms with Crippen LogP contribution in [0.1, 0.15) is 0 Å². The molecule has 2 rings (SSSR count). The zero-order chi connectivity index (χ0) is 19.3. The van der Waals surface area contributed by atoms with Gasteiger partial charge in [0.15, 0.2) is 5.96 Å².